The van der Waals surface area contributed by atoms with Crippen molar-refractivity contribution in [1.29, 1.82) is 0 Å². The van der Waals surface area contributed by atoms with Crippen molar-refractivity contribution in [1.82, 2.24) is 4.57 Å². The Morgan fingerprint density at radius 3 is 1.62 bits per heavy atom. The van der Waals surface area contributed by atoms with Gasteiger partial charge in [-0.15, -0.1) is 17.0 Å². The van der Waals surface area contributed by atoms with E-state index in [-0.39, 0.29) is 17.0 Å². The van der Waals surface area contributed by atoms with Crippen LogP contribution in [0.2, 0.25) is 0 Å². The maximum Gasteiger partial charge on any atom is 0.460 e. The molecule has 0 atom stereocenters. The van der Waals surface area contributed by atoms with E-state index in [4.69, 9.17) is 4.55 Å². The molecule has 0 aliphatic heterocycles. The van der Waals surface area contributed by atoms with Crippen molar-refractivity contribution in [3.8, 4) is 0 Å². The number of nitrogens with zero attached hydrogens (tertiary/aromatic N) is 2. The molecular weight excluding hydrogens is 479 g/mol. The van der Waals surface area contributed by atoms with Gasteiger partial charge >= 0.3 is 33.4 Å². The van der Waals surface area contributed by atoms with Crippen LogP contribution in [0.25, 0.3) is 0 Å². The summed E-state index contributed by atoms with van der Waals surface area (Å²) < 4.78 is 138. The maximum absolute atomic E-state index is 12.2. The van der Waals surface area contributed by atoms with Gasteiger partial charge in [0.05, 0.1) is 13.6 Å². The van der Waals surface area contributed by atoms with Gasteiger partial charge in [0.15, 0.2) is 0 Å². The second-order valence-electron chi connectivity index (χ2n) is 4.55. The van der Waals surface area contributed by atoms with Crippen molar-refractivity contribution in [2.24, 2.45) is 7.05 Å². The summed E-state index contributed by atoms with van der Waals surface area (Å²) in [4.78, 5) is 0. The third-order valence-electron chi connectivity index (χ3n) is 2.63. The van der Waals surface area contributed by atoms with E-state index >= 15 is 0 Å². The summed E-state index contributed by atoms with van der Waals surface area (Å²) in [5.41, 5.74) is 0. The van der Waals surface area contributed by atoms with E-state index in [2.05, 4.69) is 24.0 Å². The number of rotatable bonds is 4. The first kappa shape index (κ1) is 27.2. The van der Waals surface area contributed by atoms with Crippen LogP contribution in [-0.4, -0.2) is 40.8 Å². The molecule has 0 aliphatic rings. The molecule has 1 rings (SSSR count). The van der Waals surface area contributed by atoms with Crippen LogP contribution in [-0.2, 0) is 23.7 Å². The number of hydrogen-bond donors (Lipinski definition) is 1. The van der Waals surface area contributed by atoms with Gasteiger partial charge in [-0.2, -0.15) is 47.9 Å². The van der Waals surface area contributed by atoms with E-state index in [1.165, 1.54) is 0 Å². The van der Waals surface area contributed by atoms with Gasteiger partial charge in [0.1, 0.15) is 12.4 Å². The largest absolute Gasteiger partial charge is 0.460 e. The average Bonchev–Trinajstić information content (AvgIpc) is 2.82. The molecule has 5 nitrogen and oxygen atoms in total. The molecule has 1 aromatic heterocycles. The predicted octanol–water partition coefficient (Wildman–Crippen LogP) is 3.21. The van der Waals surface area contributed by atoms with Crippen molar-refractivity contribution >= 4 is 27.1 Å². The van der Waals surface area contributed by atoms with E-state index < -0.39 is 33.4 Å². The maximum atomic E-state index is 12.2. The molecule has 1 heterocycles. The fourth-order valence-corrected chi connectivity index (χ4v) is 1.66. The van der Waals surface area contributed by atoms with Crippen LogP contribution in [0.15, 0.2) is 18.7 Å². The van der Waals surface area contributed by atoms with E-state index in [1.807, 2.05) is 17.8 Å². The van der Waals surface area contributed by atoms with E-state index in [9.17, 15) is 47.9 Å². The summed E-state index contributed by atoms with van der Waals surface area (Å²) in [6, 6.07) is 0. The molecular formula is C10H13BrF9N2O3S+. The Morgan fingerprint density at radius 2 is 1.42 bits per heavy atom. The number of aryl methyl sites for hydroxylation is 2. The second-order valence-corrected chi connectivity index (χ2v) is 6.01. The zero-order valence-electron chi connectivity index (χ0n) is 12.8. The van der Waals surface area contributed by atoms with Crippen LogP contribution in [0.1, 0.15) is 6.92 Å². The molecule has 0 bridgehead atoms. The van der Waals surface area contributed by atoms with E-state index in [0.29, 0.717) is 0 Å². The highest BCUT2D eigenvalue weighted by molar-refractivity contribution is 8.93. The Labute approximate surface area is 151 Å². The lowest BCUT2D eigenvalue weighted by molar-refractivity contribution is -0.693. The zero-order valence-corrected chi connectivity index (χ0v) is 15.3. The van der Waals surface area contributed by atoms with Crippen LogP contribution in [0.4, 0.5) is 39.5 Å². The van der Waals surface area contributed by atoms with Crippen molar-refractivity contribution in [2.75, 3.05) is 0 Å². The minimum absolute atomic E-state index is 0. The molecule has 0 radical (unpaired) electrons. The Kier molecular flexibility index (Phi) is 8.71. The van der Waals surface area contributed by atoms with Gasteiger partial charge in [-0.25, -0.2) is 9.13 Å². The summed E-state index contributed by atoms with van der Waals surface area (Å²) in [6.07, 6.45) is -0.992. The Hall–Kier alpha value is -1.03. The summed E-state index contributed by atoms with van der Waals surface area (Å²) in [6.45, 7) is 3.18. The minimum Gasteiger partial charge on any atom is -0.281 e. The molecule has 0 spiro atoms. The van der Waals surface area contributed by atoms with Crippen LogP contribution in [0.3, 0.4) is 0 Å². The molecule has 0 fully saturated rings. The van der Waals surface area contributed by atoms with Crippen molar-refractivity contribution < 1.29 is 57.1 Å². The fraction of sp³-hybridized carbons (Fsp3) is 0.700. The van der Waals surface area contributed by atoms with Crippen molar-refractivity contribution in [3.63, 3.8) is 0 Å². The standard InChI is InChI=1S/C6H11N2.C4HF9O3S.BrH/c1-3-8-5-4-7(2)6-8;5-1(6,3(9,10)11)2(7,8)4(12,13)17(14,15)16;/h4-6H,3H2,1-2H3;(H,14,15,16);1H/q+1;;. The van der Waals surface area contributed by atoms with Gasteiger partial charge in [0, 0.05) is 0 Å². The number of aromatic nitrogens is 2. The van der Waals surface area contributed by atoms with Gasteiger partial charge in [0.25, 0.3) is 0 Å². The molecule has 0 aliphatic carbocycles. The highest BCUT2D eigenvalue weighted by atomic mass is 79.9. The summed E-state index contributed by atoms with van der Waals surface area (Å²) in [7, 11) is -5.15. The third kappa shape index (κ3) is 5.25. The topological polar surface area (TPSA) is 63.2 Å². The number of alkyl halides is 9. The molecule has 156 valence electrons. The normalized spacial score (nSPS) is 13.5. The number of imidazole rings is 1. The molecule has 1 N–H and O–H groups in total. The first-order valence-electron chi connectivity index (χ1n) is 6.01. The predicted molar refractivity (Wildman–Crippen MR) is 74.0 cm³/mol. The van der Waals surface area contributed by atoms with Gasteiger partial charge in [-0.3, -0.25) is 4.55 Å². The van der Waals surface area contributed by atoms with E-state index in [1.54, 1.807) is 0 Å². The summed E-state index contributed by atoms with van der Waals surface area (Å²) >= 11 is 0. The van der Waals surface area contributed by atoms with Crippen LogP contribution >= 0.6 is 17.0 Å². The molecule has 0 aromatic carbocycles. The molecule has 0 saturated heterocycles. The third-order valence-corrected chi connectivity index (χ3v) is 3.53. The highest BCUT2D eigenvalue weighted by Crippen LogP contribution is 2.54. The fourth-order valence-electron chi connectivity index (χ4n) is 1.21. The Balaban J connectivity index is 0. The van der Waals surface area contributed by atoms with Crippen LogP contribution in [0.5, 0.6) is 0 Å². The first-order chi connectivity index (χ1) is 10.8. The van der Waals surface area contributed by atoms with Gasteiger partial charge in [-0.05, 0) is 6.92 Å². The quantitative estimate of drug-likeness (QED) is 0.399. The monoisotopic (exact) mass is 491 g/mol. The van der Waals surface area contributed by atoms with Gasteiger partial charge in [0.2, 0.25) is 6.33 Å². The second kappa shape index (κ2) is 8.33. The smallest absolute Gasteiger partial charge is 0.281 e. The number of hydrogen-bond acceptors (Lipinski definition) is 2. The zero-order chi connectivity index (χ0) is 20.5. The molecule has 0 amide bonds. The van der Waals surface area contributed by atoms with Gasteiger partial charge < -0.3 is 0 Å². The minimum atomic E-state index is -7.37. The van der Waals surface area contributed by atoms with Crippen LogP contribution in [0, 0.1) is 0 Å². The molecule has 0 unspecified atom stereocenters. The molecule has 0 saturated carbocycles. The molecule has 1 aromatic rings. The Bertz CT molecular complexity index is 688. The lowest BCUT2D eigenvalue weighted by atomic mass is 10.1. The summed E-state index contributed by atoms with van der Waals surface area (Å²) in [5.74, 6) is -14.7. The van der Waals surface area contributed by atoms with Gasteiger partial charge in [-0.1, -0.05) is 0 Å². The van der Waals surface area contributed by atoms with E-state index in [0.717, 1.165) is 6.54 Å². The molecule has 16 heteroatoms. The first-order valence-corrected chi connectivity index (χ1v) is 7.45. The Morgan fingerprint density at radius 1 is 1.00 bits per heavy atom. The van der Waals surface area contributed by atoms with Crippen molar-refractivity contribution in [2.45, 2.75) is 36.7 Å². The lowest BCUT2D eigenvalue weighted by Crippen LogP contribution is -2.63. The summed E-state index contributed by atoms with van der Waals surface area (Å²) in [5, 5.41) is -7.00. The lowest BCUT2D eigenvalue weighted by Gasteiger charge is -2.31. The van der Waals surface area contributed by atoms with Crippen molar-refractivity contribution in [3.05, 3.63) is 18.7 Å². The van der Waals surface area contributed by atoms with Crippen LogP contribution < -0.4 is 4.57 Å². The average molecular weight is 492 g/mol. The number of halogens is 10. The highest BCUT2D eigenvalue weighted by Gasteiger charge is 2.85. The SMILES string of the molecule is Br.CC[n+]1ccn(C)c1.O=S(=O)(O)C(F)(F)C(F)(F)C(F)(F)C(F)(F)F. The molecule has 26 heavy (non-hydrogen) atoms.